The number of hydrogen-bond acceptors (Lipinski definition) is 2. The molecule has 43 valence electrons. The third-order valence-electron chi connectivity index (χ3n) is 0.377. The number of carbonyl (C=O) groups excluding carboxylic acids is 2. The van der Waals surface area contributed by atoms with Gasteiger partial charge in [0.05, 0.1) is 0 Å². The summed E-state index contributed by atoms with van der Waals surface area (Å²) < 4.78 is -0.437. The first kappa shape index (κ1) is 6.83. The van der Waals surface area contributed by atoms with Crippen LogP contribution in [0.3, 0.4) is 0 Å². The fourth-order valence-corrected chi connectivity index (χ4v) is 0.426. The molecule has 0 aliphatic heterocycles. The van der Waals surface area contributed by atoms with E-state index in [1.807, 2.05) is 0 Å². The van der Waals surface area contributed by atoms with Gasteiger partial charge < -0.3 is 0 Å². The zero-order valence-corrected chi connectivity index (χ0v) is 4.83. The average Bonchev–Trinajstić information content (AvgIpc) is 1.27. The fraction of sp³-hybridized carbons (Fsp3) is 0.500. The van der Waals surface area contributed by atoms with Gasteiger partial charge in [-0.05, 0) is 0 Å². The van der Waals surface area contributed by atoms with Gasteiger partial charge in [-0.3, -0.25) is 0 Å². The molecule has 0 aromatic heterocycles. The molecule has 0 saturated carbocycles. The predicted octanol–water partition coefficient (Wildman–Crippen LogP) is 0.0389. The van der Waals surface area contributed by atoms with Gasteiger partial charge in [0, 0.05) is 0 Å². The van der Waals surface area contributed by atoms with Crippen molar-refractivity contribution in [1.29, 1.82) is 0 Å². The van der Waals surface area contributed by atoms with E-state index < -0.39 is 4.75 Å². The molecule has 0 fully saturated rings. The average molecular weight is 144 g/mol. The molecule has 0 bridgehead atoms. The summed E-state index contributed by atoms with van der Waals surface area (Å²) in [6.45, 7) is 1.34. The molecule has 2 nitrogen and oxygen atoms in total. The first-order valence-corrected chi connectivity index (χ1v) is 2.27. The molecule has 0 aromatic carbocycles. The van der Waals surface area contributed by atoms with Gasteiger partial charge in [0.25, 0.3) is 0 Å². The predicted molar refractivity (Wildman–Crippen MR) is 20.3 cm³/mol. The fourth-order valence-electron chi connectivity index (χ4n) is 0.180. The second-order valence-electron chi connectivity index (χ2n) is 1.20. The van der Waals surface area contributed by atoms with Crippen LogP contribution in [0.25, 0.3) is 0 Å². The van der Waals surface area contributed by atoms with Gasteiger partial charge in [0.1, 0.15) is 0 Å². The van der Waals surface area contributed by atoms with Crippen LogP contribution in [-0.2, 0) is 25.1 Å². The molecule has 0 aliphatic rings. The first-order chi connectivity index (χ1) is 3.13. The Hall–Kier alpha value is -0.166. The van der Waals surface area contributed by atoms with Crippen LogP contribution in [0.5, 0.6) is 0 Å². The van der Waals surface area contributed by atoms with Crippen LogP contribution in [0, 0.1) is 0 Å². The standard InChI is InChI=1S/C4H5O2.Ni/c1-4(6)2-3-5;/h2H2,1H3;. The quantitative estimate of drug-likeness (QED) is 0.404. The zero-order valence-electron chi connectivity index (χ0n) is 3.84. The summed E-state index contributed by atoms with van der Waals surface area (Å²) in [7, 11) is 0. The number of ketones is 1. The minimum absolute atomic E-state index is 0.0833. The molecule has 0 atom stereocenters. The molecule has 0 heterocycles. The molecule has 0 aromatic rings. The third kappa shape index (κ3) is 5.83. The molecular formula is C4H5NiO2. The van der Waals surface area contributed by atoms with E-state index >= 15 is 0 Å². The Bertz CT molecular complexity index is 85.9. The second-order valence-corrected chi connectivity index (χ2v) is 1.75. The van der Waals surface area contributed by atoms with Crippen molar-refractivity contribution >= 4 is 10.5 Å². The van der Waals surface area contributed by atoms with E-state index in [0.717, 1.165) is 0 Å². The van der Waals surface area contributed by atoms with Gasteiger partial charge in [-0.1, -0.05) is 0 Å². The Morgan fingerprint density at radius 3 is 2.00 bits per heavy atom. The number of carbonyl (C=O) groups is 2. The number of hydrogen-bond donors (Lipinski definition) is 0. The van der Waals surface area contributed by atoms with Crippen molar-refractivity contribution in [3.63, 3.8) is 0 Å². The molecule has 3 heteroatoms. The van der Waals surface area contributed by atoms with Gasteiger partial charge >= 0.3 is 48.9 Å². The Morgan fingerprint density at radius 1 is 1.57 bits per heavy atom. The van der Waals surface area contributed by atoms with E-state index in [1.54, 1.807) is 0 Å². The maximum atomic E-state index is 9.97. The van der Waals surface area contributed by atoms with Crippen LogP contribution >= 0.6 is 0 Å². The van der Waals surface area contributed by atoms with Crippen LogP contribution in [0.2, 0.25) is 0 Å². The van der Waals surface area contributed by atoms with Crippen molar-refractivity contribution in [3.8, 4) is 0 Å². The molecule has 0 spiro atoms. The van der Waals surface area contributed by atoms with E-state index in [0.29, 0.717) is 0 Å². The molecule has 0 N–H and O–H groups in total. The molecule has 0 saturated heterocycles. The second kappa shape index (κ2) is 2.92. The monoisotopic (exact) mass is 143 g/mol. The SMILES string of the molecule is CC(=O)C[C](=O)[Ni]. The Balaban J connectivity index is 3.32. The van der Waals surface area contributed by atoms with E-state index in [-0.39, 0.29) is 12.2 Å². The summed E-state index contributed by atoms with van der Waals surface area (Å²) in [5.74, 6) is -0.156. The Labute approximate surface area is 49.6 Å². The Morgan fingerprint density at radius 2 is 2.00 bits per heavy atom. The molecule has 7 heavy (non-hydrogen) atoms. The summed E-state index contributed by atoms with van der Waals surface area (Å²) in [4.78, 5) is 19.8. The van der Waals surface area contributed by atoms with Crippen molar-refractivity contribution in [2.24, 2.45) is 0 Å². The van der Waals surface area contributed by atoms with Gasteiger partial charge in [-0.15, -0.1) is 0 Å². The van der Waals surface area contributed by atoms with Crippen molar-refractivity contribution in [2.75, 3.05) is 0 Å². The summed E-state index contributed by atoms with van der Waals surface area (Å²) in [5, 5.41) is 0. The van der Waals surface area contributed by atoms with Crippen molar-refractivity contribution in [3.05, 3.63) is 0 Å². The number of rotatable bonds is 2. The van der Waals surface area contributed by atoms with Crippen molar-refractivity contribution in [1.82, 2.24) is 0 Å². The van der Waals surface area contributed by atoms with Gasteiger partial charge in [0.2, 0.25) is 0 Å². The molecular weight excluding hydrogens is 139 g/mol. The summed E-state index contributed by atoms with van der Waals surface area (Å²) in [6.07, 6.45) is -0.0833. The zero-order chi connectivity index (χ0) is 5.86. The van der Waals surface area contributed by atoms with Crippen LogP contribution < -0.4 is 0 Å². The number of Topliss-reactive ketones (excluding diaryl/α,β-unsaturated/α-hetero) is 1. The topological polar surface area (TPSA) is 34.1 Å². The first-order valence-electron chi connectivity index (χ1n) is 1.77. The summed E-state index contributed by atoms with van der Waals surface area (Å²) in [6, 6.07) is 0. The molecule has 0 radical (unpaired) electrons. The minimum atomic E-state index is -0.437. The van der Waals surface area contributed by atoms with Crippen LogP contribution in [-0.4, -0.2) is 10.5 Å². The van der Waals surface area contributed by atoms with Gasteiger partial charge in [0.15, 0.2) is 0 Å². The maximum absolute atomic E-state index is 9.97. The summed E-state index contributed by atoms with van der Waals surface area (Å²) in [5.41, 5.74) is 0. The van der Waals surface area contributed by atoms with Gasteiger partial charge in [-0.25, -0.2) is 0 Å². The summed E-state index contributed by atoms with van der Waals surface area (Å²) >= 11 is 3.83. The molecule has 0 amide bonds. The molecule has 0 aliphatic carbocycles. The van der Waals surface area contributed by atoms with Crippen LogP contribution in [0.1, 0.15) is 13.3 Å². The van der Waals surface area contributed by atoms with E-state index in [4.69, 9.17) is 0 Å². The third-order valence-corrected chi connectivity index (χ3v) is 0.552. The van der Waals surface area contributed by atoms with E-state index in [9.17, 15) is 9.59 Å². The van der Waals surface area contributed by atoms with Crippen molar-refractivity contribution < 1.29 is 25.1 Å². The van der Waals surface area contributed by atoms with Crippen LogP contribution in [0.15, 0.2) is 0 Å². The van der Waals surface area contributed by atoms with Crippen LogP contribution in [0.4, 0.5) is 0 Å². The van der Waals surface area contributed by atoms with E-state index in [1.165, 1.54) is 6.92 Å². The van der Waals surface area contributed by atoms with Gasteiger partial charge in [-0.2, -0.15) is 0 Å². The van der Waals surface area contributed by atoms with E-state index in [2.05, 4.69) is 15.5 Å². The Kier molecular flexibility index (Phi) is 2.85. The normalized spacial score (nSPS) is 8.43. The van der Waals surface area contributed by atoms with Crippen molar-refractivity contribution in [2.45, 2.75) is 13.3 Å². The molecule has 0 rings (SSSR count). The molecule has 0 unspecified atom stereocenters.